The Hall–Kier alpha value is -3.01. The standard InChI is InChI=1S/C23H25N5O/c1-18-3-9-21(10-4-18)23-25-22(29-26-23)17-28-12-2-11-27(13-14-28)16-20-7-5-19(15-24)6-8-20/h3-10H,2,11-14,16-17H2,1H3. The van der Waals surface area contributed by atoms with Gasteiger partial charge in [-0.15, -0.1) is 0 Å². The Morgan fingerprint density at radius 2 is 1.62 bits per heavy atom. The minimum absolute atomic E-state index is 0.650. The second kappa shape index (κ2) is 8.99. The van der Waals surface area contributed by atoms with Crippen LogP contribution >= 0.6 is 0 Å². The van der Waals surface area contributed by atoms with E-state index in [2.05, 4.69) is 45.1 Å². The van der Waals surface area contributed by atoms with Crippen molar-refractivity contribution < 1.29 is 4.52 Å². The molecule has 0 aliphatic carbocycles. The molecule has 0 unspecified atom stereocenters. The van der Waals surface area contributed by atoms with E-state index in [1.165, 1.54) is 11.1 Å². The summed E-state index contributed by atoms with van der Waals surface area (Å²) in [7, 11) is 0. The Bertz CT molecular complexity index is 972. The van der Waals surface area contributed by atoms with E-state index in [1.54, 1.807) is 0 Å². The topological polar surface area (TPSA) is 69.2 Å². The van der Waals surface area contributed by atoms with E-state index in [-0.39, 0.29) is 0 Å². The van der Waals surface area contributed by atoms with Gasteiger partial charge < -0.3 is 4.52 Å². The van der Waals surface area contributed by atoms with Gasteiger partial charge in [0.2, 0.25) is 11.7 Å². The summed E-state index contributed by atoms with van der Waals surface area (Å²) in [5.41, 5.74) is 4.15. The lowest BCUT2D eigenvalue weighted by molar-refractivity contribution is 0.222. The Balaban J connectivity index is 1.32. The summed E-state index contributed by atoms with van der Waals surface area (Å²) in [6.45, 7) is 7.72. The van der Waals surface area contributed by atoms with Crippen LogP contribution in [-0.4, -0.2) is 46.1 Å². The molecule has 1 fully saturated rings. The van der Waals surface area contributed by atoms with Crippen molar-refractivity contribution in [2.24, 2.45) is 0 Å². The van der Waals surface area contributed by atoms with Crippen LogP contribution in [0.1, 0.15) is 29.0 Å². The van der Waals surface area contributed by atoms with E-state index in [0.29, 0.717) is 23.8 Å². The number of rotatable bonds is 5. The van der Waals surface area contributed by atoms with Crippen LogP contribution in [0.4, 0.5) is 0 Å². The predicted octanol–water partition coefficient (Wildman–Crippen LogP) is 3.62. The zero-order valence-electron chi connectivity index (χ0n) is 16.7. The molecule has 0 bridgehead atoms. The van der Waals surface area contributed by atoms with Crippen molar-refractivity contribution in [3.63, 3.8) is 0 Å². The van der Waals surface area contributed by atoms with E-state index in [1.807, 2.05) is 36.4 Å². The molecule has 2 heterocycles. The molecule has 2 aromatic carbocycles. The first-order valence-corrected chi connectivity index (χ1v) is 10.0. The average molecular weight is 387 g/mol. The smallest absolute Gasteiger partial charge is 0.241 e. The quantitative estimate of drug-likeness (QED) is 0.666. The Labute approximate surface area is 171 Å². The summed E-state index contributed by atoms with van der Waals surface area (Å²) in [6.07, 6.45) is 1.11. The molecule has 0 N–H and O–H groups in total. The largest absolute Gasteiger partial charge is 0.338 e. The molecular weight excluding hydrogens is 362 g/mol. The van der Waals surface area contributed by atoms with Crippen LogP contribution in [-0.2, 0) is 13.1 Å². The molecule has 1 saturated heterocycles. The van der Waals surface area contributed by atoms with Gasteiger partial charge in [0.25, 0.3) is 0 Å². The molecule has 1 aliphatic heterocycles. The van der Waals surface area contributed by atoms with Crippen LogP contribution in [0.3, 0.4) is 0 Å². The van der Waals surface area contributed by atoms with Crippen LogP contribution in [0, 0.1) is 18.3 Å². The zero-order chi connectivity index (χ0) is 20.1. The van der Waals surface area contributed by atoms with Crippen LogP contribution < -0.4 is 0 Å². The van der Waals surface area contributed by atoms with Crippen molar-refractivity contribution in [1.82, 2.24) is 19.9 Å². The molecule has 0 atom stereocenters. The molecular formula is C23H25N5O. The molecule has 148 valence electrons. The van der Waals surface area contributed by atoms with Gasteiger partial charge in [0, 0.05) is 25.2 Å². The average Bonchev–Trinajstić information content (AvgIpc) is 3.10. The van der Waals surface area contributed by atoms with Gasteiger partial charge in [0.1, 0.15) is 0 Å². The molecule has 29 heavy (non-hydrogen) atoms. The maximum Gasteiger partial charge on any atom is 0.241 e. The monoisotopic (exact) mass is 387 g/mol. The molecule has 1 aromatic heterocycles. The number of benzene rings is 2. The first-order valence-electron chi connectivity index (χ1n) is 10.0. The van der Waals surface area contributed by atoms with Gasteiger partial charge >= 0.3 is 0 Å². The van der Waals surface area contributed by atoms with E-state index in [9.17, 15) is 0 Å². The van der Waals surface area contributed by atoms with E-state index in [4.69, 9.17) is 9.78 Å². The van der Waals surface area contributed by atoms with Crippen molar-refractivity contribution >= 4 is 0 Å². The Morgan fingerprint density at radius 3 is 2.31 bits per heavy atom. The molecule has 0 radical (unpaired) electrons. The number of nitrogens with zero attached hydrogens (tertiary/aromatic N) is 5. The normalized spacial score (nSPS) is 15.7. The highest BCUT2D eigenvalue weighted by molar-refractivity contribution is 5.54. The molecule has 4 rings (SSSR count). The third-order valence-corrected chi connectivity index (χ3v) is 5.31. The van der Waals surface area contributed by atoms with Crippen molar-refractivity contribution in [3.05, 3.63) is 71.1 Å². The lowest BCUT2D eigenvalue weighted by Crippen LogP contribution is -2.30. The summed E-state index contributed by atoms with van der Waals surface area (Å²) in [4.78, 5) is 9.42. The lowest BCUT2D eigenvalue weighted by atomic mass is 10.1. The van der Waals surface area contributed by atoms with Gasteiger partial charge in [0.05, 0.1) is 18.2 Å². The summed E-state index contributed by atoms with van der Waals surface area (Å²) < 4.78 is 5.49. The van der Waals surface area contributed by atoms with Gasteiger partial charge in [-0.2, -0.15) is 10.2 Å². The van der Waals surface area contributed by atoms with Crippen molar-refractivity contribution in [1.29, 1.82) is 5.26 Å². The minimum Gasteiger partial charge on any atom is -0.338 e. The molecule has 6 heteroatoms. The Morgan fingerprint density at radius 1 is 0.931 bits per heavy atom. The van der Waals surface area contributed by atoms with Gasteiger partial charge in [-0.25, -0.2) is 0 Å². The second-order valence-corrected chi connectivity index (χ2v) is 7.59. The fourth-order valence-corrected chi connectivity index (χ4v) is 3.61. The van der Waals surface area contributed by atoms with Gasteiger partial charge in [-0.05, 0) is 44.1 Å². The van der Waals surface area contributed by atoms with E-state index >= 15 is 0 Å². The fourth-order valence-electron chi connectivity index (χ4n) is 3.61. The number of nitriles is 1. The molecule has 0 amide bonds. The van der Waals surface area contributed by atoms with E-state index in [0.717, 1.165) is 44.7 Å². The summed E-state index contributed by atoms with van der Waals surface area (Å²) in [6, 6.07) is 18.2. The fraction of sp³-hybridized carbons (Fsp3) is 0.348. The summed E-state index contributed by atoms with van der Waals surface area (Å²) in [5, 5.41) is 13.1. The molecule has 1 aliphatic rings. The van der Waals surface area contributed by atoms with Gasteiger partial charge in [-0.1, -0.05) is 47.1 Å². The third-order valence-electron chi connectivity index (χ3n) is 5.31. The number of hydrogen-bond donors (Lipinski definition) is 0. The highest BCUT2D eigenvalue weighted by Gasteiger charge is 2.18. The Kier molecular flexibility index (Phi) is 5.99. The second-order valence-electron chi connectivity index (χ2n) is 7.59. The van der Waals surface area contributed by atoms with Crippen LogP contribution in [0.25, 0.3) is 11.4 Å². The SMILES string of the molecule is Cc1ccc(-c2noc(CN3CCCN(Cc4ccc(C#N)cc4)CC3)n2)cc1. The first-order chi connectivity index (χ1) is 14.2. The zero-order valence-corrected chi connectivity index (χ0v) is 16.7. The third kappa shape index (κ3) is 5.08. The lowest BCUT2D eigenvalue weighted by Gasteiger charge is -2.21. The van der Waals surface area contributed by atoms with Gasteiger partial charge in [0.15, 0.2) is 0 Å². The van der Waals surface area contributed by atoms with Crippen molar-refractivity contribution in [2.45, 2.75) is 26.4 Å². The van der Waals surface area contributed by atoms with Crippen LogP contribution in [0.15, 0.2) is 53.1 Å². The molecule has 3 aromatic rings. The van der Waals surface area contributed by atoms with Crippen LogP contribution in [0.2, 0.25) is 0 Å². The van der Waals surface area contributed by atoms with Gasteiger partial charge in [-0.3, -0.25) is 9.80 Å². The molecule has 0 spiro atoms. The number of aromatic nitrogens is 2. The minimum atomic E-state index is 0.650. The summed E-state index contributed by atoms with van der Waals surface area (Å²) in [5.74, 6) is 1.32. The first kappa shape index (κ1) is 19.3. The summed E-state index contributed by atoms with van der Waals surface area (Å²) >= 11 is 0. The maximum atomic E-state index is 8.93. The van der Waals surface area contributed by atoms with Crippen molar-refractivity contribution in [2.75, 3.05) is 26.2 Å². The molecule has 0 saturated carbocycles. The van der Waals surface area contributed by atoms with Crippen molar-refractivity contribution in [3.8, 4) is 17.5 Å². The highest BCUT2D eigenvalue weighted by Crippen LogP contribution is 2.18. The number of aryl methyl sites for hydroxylation is 1. The number of hydrogen-bond acceptors (Lipinski definition) is 6. The highest BCUT2D eigenvalue weighted by atomic mass is 16.5. The molecule has 6 nitrogen and oxygen atoms in total. The van der Waals surface area contributed by atoms with Crippen LogP contribution in [0.5, 0.6) is 0 Å². The van der Waals surface area contributed by atoms with E-state index < -0.39 is 0 Å². The maximum absolute atomic E-state index is 8.93. The predicted molar refractivity (Wildman–Crippen MR) is 111 cm³/mol.